The van der Waals surface area contributed by atoms with Crippen molar-refractivity contribution < 1.29 is 18.8 Å². The van der Waals surface area contributed by atoms with E-state index in [0.29, 0.717) is 29.4 Å². The highest BCUT2D eigenvalue weighted by atomic mass is 16.5. The zero-order valence-electron chi connectivity index (χ0n) is 14.7. The van der Waals surface area contributed by atoms with Crippen molar-refractivity contribution in [3.8, 4) is 0 Å². The number of nitrogens with one attached hydrogen (secondary N) is 2. The second kappa shape index (κ2) is 8.09. The van der Waals surface area contributed by atoms with Crippen LogP contribution in [0.4, 0.5) is 17.5 Å². The van der Waals surface area contributed by atoms with E-state index in [2.05, 4.69) is 25.8 Å². The minimum atomic E-state index is -0.416. The Kier molecular flexibility index (Phi) is 5.41. The van der Waals surface area contributed by atoms with Crippen LogP contribution in [0.2, 0.25) is 0 Å². The van der Waals surface area contributed by atoms with E-state index in [1.165, 1.54) is 12.3 Å². The normalized spacial score (nSPS) is 10.3. The first-order chi connectivity index (χ1) is 13.0. The number of esters is 1. The molecule has 2 heterocycles. The van der Waals surface area contributed by atoms with Crippen LogP contribution in [-0.4, -0.2) is 33.6 Å². The van der Waals surface area contributed by atoms with Crippen LogP contribution in [0.15, 0.2) is 47.1 Å². The Morgan fingerprint density at radius 2 is 1.96 bits per heavy atom. The highest BCUT2D eigenvalue weighted by Crippen LogP contribution is 2.14. The van der Waals surface area contributed by atoms with Crippen molar-refractivity contribution >= 4 is 29.3 Å². The lowest BCUT2D eigenvalue weighted by Gasteiger charge is -2.07. The fourth-order valence-corrected chi connectivity index (χ4v) is 2.18. The molecule has 1 aromatic carbocycles. The van der Waals surface area contributed by atoms with Gasteiger partial charge in [0.2, 0.25) is 5.95 Å². The SMILES string of the molecule is CCOC(=O)c1ccc(NC(=O)c2ccnc(Nc3cc(C)on3)n2)cc1. The third-order valence-electron chi connectivity index (χ3n) is 3.41. The molecule has 0 aliphatic heterocycles. The van der Waals surface area contributed by atoms with Crippen molar-refractivity contribution in [2.45, 2.75) is 13.8 Å². The third kappa shape index (κ3) is 4.66. The second-order valence-electron chi connectivity index (χ2n) is 5.47. The van der Waals surface area contributed by atoms with E-state index in [1.807, 2.05) is 0 Å². The van der Waals surface area contributed by atoms with Gasteiger partial charge < -0.3 is 19.9 Å². The zero-order valence-corrected chi connectivity index (χ0v) is 14.7. The van der Waals surface area contributed by atoms with E-state index in [1.54, 1.807) is 44.2 Å². The number of ether oxygens (including phenoxy) is 1. The van der Waals surface area contributed by atoms with Gasteiger partial charge in [0.25, 0.3) is 5.91 Å². The molecule has 2 N–H and O–H groups in total. The lowest BCUT2D eigenvalue weighted by molar-refractivity contribution is 0.0526. The molecule has 0 atom stereocenters. The molecular formula is C18H17N5O4. The van der Waals surface area contributed by atoms with Crippen LogP contribution in [0.3, 0.4) is 0 Å². The zero-order chi connectivity index (χ0) is 19.2. The van der Waals surface area contributed by atoms with Crippen molar-refractivity contribution in [3.63, 3.8) is 0 Å². The fraction of sp³-hybridized carbons (Fsp3) is 0.167. The summed E-state index contributed by atoms with van der Waals surface area (Å²) in [5, 5.41) is 9.35. The lowest BCUT2D eigenvalue weighted by atomic mass is 10.2. The molecule has 9 heteroatoms. The second-order valence-corrected chi connectivity index (χ2v) is 5.47. The summed E-state index contributed by atoms with van der Waals surface area (Å²) >= 11 is 0. The number of hydrogen-bond acceptors (Lipinski definition) is 8. The number of hydrogen-bond donors (Lipinski definition) is 2. The van der Waals surface area contributed by atoms with E-state index in [9.17, 15) is 9.59 Å². The minimum absolute atomic E-state index is 0.169. The maximum Gasteiger partial charge on any atom is 0.338 e. The first-order valence-electron chi connectivity index (χ1n) is 8.17. The number of amides is 1. The molecule has 0 fully saturated rings. The maximum absolute atomic E-state index is 12.4. The minimum Gasteiger partial charge on any atom is -0.462 e. The molecule has 0 saturated heterocycles. The predicted molar refractivity (Wildman–Crippen MR) is 96.9 cm³/mol. The molecule has 0 aliphatic carbocycles. The Bertz CT molecular complexity index is 952. The van der Waals surface area contributed by atoms with E-state index in [0.717, 1.165) is 0 Å². The number of carbonyl (C=O) groups excluding carboxylic acids is 2. The molecule has 3 aromatic rings. The number of aromatic nitrogens is 3. The Morgan fingerprint density at radius 3 is 2.63 bits per heavy atom. The molecule has 9 nitrogen and oxygen atoms in total. The third-order valence-corrected chi connectivity index (χ3v) is 3.41. The van der Waals surface area contributed by atoms with Gasteiger partial charge in [0, 0.05) is 18.0 Å². The molecule has 138 valence electrons. The average Bonchev–Trinajstić information content (AvgIpc) is 3.07. The van der Waals surface area contributed by atoms with Crippen LogP contribution in [0.5, 0.6) is 0 Å². The van der Waals surface area contributed by atoms with Crippen LogP contribution < -0.4 is 10.6 Å². The topological polar surface area (TPSA) is 119 Å². The van der Waals surface area contributed by atoms with Gasteiger partial charge in [-0.2, -0.15) is 0 Å². The first-order valence-corrected chi connectivity index (χ1v) is 8.17. The van der Waals surface area contributed by atoms with E-state index >= 15 is 0 Å². The van der Waals surface area contributed by atoms with Crippen LogP contribution in [0, 0.1) is 6.92 Å². The van der Waals surface area contributed by atoms with E-state index in [4.69, 9.17) is 9.26 Å². The van der Waals surface area contributed by atoms with Gasteiger partial charge in [0.1, 0.15) is 11.5 Å². The van der Waals surface area contributed by atoms with E-state index in [-0.39, 0.29) is 11.6 Å². The molecule has 2 aromatic heterocycles. The molecule has 3 rings (SSSR count). The standard InChI is InChI=1S/C18H17N5O4/c1-3-26-17(25)12-4-6-13(7-5-12)20-16(24)14-8-9-19-18(21-14)22-15-10-11(2)27-23-15/h4-10H,3H2,1-2H3,(H,20,24)(H,19,21,22,23). The molecule has 0 spiro atoms. The van der Waals surface area contributed by atoms with Gasteiger partial charge in [-0.25, -0.2) is 14.8 Å². The molecule has 0 saturated carbocycles. The first kappa shape index (κ1) is 18.1. The Labute approximate surface area is 154 Å². The molecule has 27 heavy (non-hydrogen) atoms. The smallest absolute Gasteiger partial charge is 0.338 e. The molecule has 0 radical (unpaired) electrons. The number of benzene rings is 1. The largest absolute Gasteiger partial charge is 0.462 e. The van der Waals surface area contributed by atoms with Crippen LogP contribution in [0.25, 0.3) is 0 Å². The van der Waals surface area contributed by atoms with Gasteiger partial charge in [0.15, 0.2) is 5.82 Å². The summed E-state index contributed by atoms with van der Waals surface area (Å²) < 4.78 is 9.87. The number of nitrogens with zero attached hydrogens (tertiary/aromatic N) is 3. The van der Waals surface area contributed by atoms with Crippen molar-refractivity contribution in [2.24, 2.45) is 0 Å². The quantitative estimate of drug-likeness (QED) is 0.638. The number of carbonyl (C=O) groups is 2. The summed E-state index contributed by atoms with van der Waals surface area (Å²) in [5.74, 6) is 0.469. The summed E-state index contributed by atoms with van der Waals surface area (Å²) in [4.78, 5) is 32.2. The number of anilines is 3. The van der Waals surface area contributed by atoms with Crippen molar-refractivity contribution in [1.29, 1.82) is 0 Å². The van der Waals surface area contributed by atoms with Gasteiger partial charge in [-0.05, 0) is 44.2 Å². The monoisotopic (exact) mass is 367 g/mol. The highest BCUT2D eigenvalue weighted by molar-refractivity contribution is 6.03. The summed E-state index contributed by atoms with van der Waals surface area (Å²) in [5.41, 5.74) is 1.10. The van der Waals surface area contributed by atoms with E-state index < -0.39 is 11.9 Å². The van der Waals surface area contributed by atoms with Crippen molar-refractivity contribution in [1.82, 2.24) is 15.1 Å². The van der Waals surface area contributed by atoms with Gasteiger partial charge in [0.05, 0.1) is 12.2 Å². The highest BCUT2D eigenvalue weighted by Gasteiger charge is 2.11. The lowest BCUT2D eigenvalue weighted by Crippen LogP contribution is -2.15. The van der Waals surface area contributed by atoms with Crippen LogP contribution in [-0.2, 0) is 4.74 Å². The number of aryl methyl sites for hydroxylation is 1. The molecule has 0 unspecified atom stereocenters. The fourth-order valence-electron chi connectivity index (χ4n) is 2.18. The molecule has 1 amide bonds. The summed E-state index contributed by atoms with van der Waals surface area (Å²) in [6.07, 6.45) is 1.46. The molecule has 0 aliphatic rings. The van der Waals surface area contributed by atoms with Crippen LogP contribution >= 0.6 is 0 Å². The predicted octanol–water partition coefficient (Wildman–Crippen LogP) is 2.95. The van der Waals surface area contributed by atoms with Gasteiger partial charge in [-0.1, -0.05) is 5.16 Å². The summed E-state index contributed by atoms with van der Waals surface area (Å²) in [6.45, 7) is 3.80. The average molecular weight is 367 g/mol. The van der Waals surface area contributed by atoms with Gasteiger partial charge in [-0.3, -0.25) is 4.79 Å². The Hall–Kier alpha value is -3.75. The van der Waals surface area contributed by atoms with Crippen molar-refractivity contribution in [3.05, 3.63) is 59.6 Å². The Balaban J connectivity index is 1.67. The number of rotatable bonds is 6. The van der Waals surface area contributed by atoms with Gasteiger partial charge >= 0.3 is 5.97 Å². The van der Waals surface area contributed by atoms with Crippen molar-refractivity contribution in [2.75, 3.05) is 17.2 Å². The molecule has 0 bridgehead atoms. The van der Waals surface area contributed by atoms with Gasteiger partial charge in [-0.15, -0.1) is 0 Å². The Morgan fingerprint density at radius 1 is 1.19 bits per heavy atom. The summed E-state index contributed by atoms with van der Waals surface area (Å²) in [7, 11) is 0. The van der Waals surface area contributed by atoms with Crippen LogP contribution in [0.1, 0.15) is 33.5 Å². The molecular weight excluding hydrogens is 350 g/mol. The maximum atomic E-state index is 12.4. The summed E-state index contributed by atoms with van der Waals surface area (Å²) in [6, 6.07) is 9.55.